The summed E-state index contributed by atoms with van der Waals surface area (Å²) in [4.78, 5) is 0. The zero-order valence-electron chi connectivity index (χ0n) is 36.5. The van der Waals surface area contributed by atoms with E-state index in [-0.39, 0.29) is 42.4 Å². The summed E-state index contributed by atoms with van der Waals surface area (Å²) in [5, 5.41) is 0. The van der Waals surface area contributed by atoms with Gasteiger partial charge in [0.15, 0.2) is 17.9 Å². The molecule has 0 radical (unpaired) electrons. The highest BCUT2D eigenvalue weighted by Gasteiger charge is 2.22. The Morgan fingerprint density at radius 2 is 0.625 bits per heavy atom. The molecule has 0 aliphatic rings. The number of aryl methyl sites for hydroxylation is 4. The molecule has 5 aromatic carbocycles. The lowest BCUT2D eigenvalue weighted by Crippen LogP contribution is -3.61. The van der Waals surface area contributed by atoms with E-state index < -0.39 is 21.8 Å². The zero-order chi connectivity index (χ0) is 48.4. The van der Waals surface area contributed by atoms with Gasteiger partial charge in [-0.2, -0.15) is 0 Å². The summed E-state index contributed by atoms with van der Waals surface area (Å²) in [7, 11) is -18.0. The van der Waals surface area contributed by atoms with Crippen LogP contribution in [0.5, 0.6) is 0 Å². The van der Waals surface area contributed by atoms with Crippen molar-refractivity contribution in [3.63, 3.8) is 0 Å². The topological polar surface area (TPSA) is 0 Å². The van der Waals surface area contributed by atoms with Crippen molar-refractivity contribution in [3.05, 3.63) is 167 Å². The van der Waals surface area contributed by atoms with Crippen LogP contribution >= 0.6 is 0 Å². The van der Waals surface area contributed by atoms with Gasteiger partial charge in [-0.15, -0.1) is 0 Å². The lowest BCUT2D eigenvalue weighted by Gasteiger charge is -2.01. The fourth-order valence-corrected chi connectivity index (χ4v) is 9.92. The monoisotopic (exact) mass is 1250 g/mol. The maximum absolute atomic E-state index is 9.75. The molecule has 0 aliphatic carbocycles. The van der Waals surface area contributed by atoms with Crippen LogP contribution in [-0.4, -0.2) is 21.8 Å². The minimum absolute atomic E-state index is 0.0159. The number of hydrogen-bond donors (Lipinski definition) is 0. The van der Waals surface area contributed by atoms with E-state index in [9.17, 15) is 51.8 Å². The Morgan fingerprint density at radius 3 is 0.922 bits per heavy atom. The summed E-state index contributed by atoms with van der Waals surface area (Å²) >= 11 is 2.01. The van der Waals surface area contributed by atoms with Crippen LogP contribution in [0.2, 0.25) is 0 Å². The smallest absolute Gasteiger partial charge is 0.418 e. The standard InChI is InChI=1S/C26H38I.C13H12I.C7H8I.3BF4/c1-3-5-7-9-11-13-23-15-19-25(20-16-23)27-26-21-17-24(18-22-26)14-12-10-8-6-4-2;1-11-7-9-13(10-8-11)14-12-5-3-2-4-6-12;1-6-2-4-7(8)5-3-6;3*2-1(3,4)5/h15-22H,3-14H2,1-2H3;2-10H,1H3;2-5,8H,1H3;;;/q3*+1;3*-1. The molecule has 64 heavy (non-hydrogen) atoms. The molecule has 5 rings (SSSR count). The largest absolute Gasteiger partial charge is 0.673 e. The Balaban J connectivity index is 0.000000884. The third-order valence-electron chi connectivity index (χ3n) is 8.17. The van der Waals surface area contributed by atoms with E-state index in [1.165, 1.54) is 117 Å². The molecule has 0 spiro atoms. The zero-order valence-corrected chi connectivity index (χ0v) is 43.2. The fraction of sp³-hybridized carbons (Fsp3) is 0.348. The second-order valence-corrected chi connectivity index (χ2v) is 21.6. The molecule has 0 saturated heterocycles. The Bertz CT molecular complexity index is 1720. The molecular formula is C46H58B3F12I3. The minimum Gasteiger partial charge on any atom is -0.418 e. The quantitative estimate of drug-likeness (QED) is 0.0422. The summed E-state index contributed by atoms with van der Waals surface area (Å²) in [6.07, 6.45) is 16.2. The average Bonchev–Trinajstić information content (AvgIpc) is 3.20. The van der Waals surface area contributed by atoms with E-state index in [0.717, 1.165) is 0 Å². The van der Waals surface area contributed by atoms with Gasteiger partial charge in [0.1, 0.15) is 0 Å². The maximum Gasteiger partial charge on any atom is 0.673 e. The van der Waals surface area contributed by atoms with E-state index in [1.807, 2.05) is 22.6 Å². The van der Waals surface area contributed by atoms with Crippen molar-refractivity contribution >= 4 is 21.8 Å². The second-order valence-electron chi connectivity index (χ2n) is 14.2. The van der Waals surface area contributed by atoms with Crippen LogP contribution in [0.25, 0.3) is 0 Å². The first kappa shape index (κ1) is 61.6. The van der Waals surface area contributed by atoms with Gasteiger partial charge in [0.25, 0.3) is 22.6 Å². The van der Waals surface area contributed by atoms with Gasteiger partial charge in [-0.1, -0.05) is 143 Å². The van der Waals surface area contributed by atoms with Crippen LogP contribution in [0.3, 0.4) is 0 Å². The lowest BCUT2D eigenvalue weighted by atomic mass is 10.1. The van der Waals surface area contributed by atoms with Crippen molar-refractivity contribution in [2.75, 3.05) is 0 Å². The van der Waals surface area contributed by atoms with Crippen molar-refractivity contribution in [2.45, 2.75) is 105 Å². The first-order valence-corrected chi connectivity index (χ1v) is 26.4. The number of hydrogen-bond acceptors (Lipinski definition) is 0. The van der Waals surface area contributed by atoms with Gasteiger partial charge in [0, 0.05) is 0 Å². The fourth-order valence-electron chi connectivity index (χ4n) is 5.16. The predicted octanol–water partition coefficient (Wildman–Crippen LogP) is 7.31. The van der Waals surface area contributed by atoms with Gasteiger partial charge in [-0.25, -0.2) is 0 Å². The minimum atomic E-state index is -6.00. The summed E-state index contributed by atoms with van der Waals surface area (Å²) in [6, 6.07) is 47.0. The molecule has 0 fully saturated rings. The summed E-state index contributed by atoms with van der Waals surface area (Å²) in [5.74, 6) is 0. The first-order valence-electron chi connectivity index (χ1n) is 20.9. The van der Waals surface area contributed by atoms with Crippen molar-refractivity contribution in [1.82, 2.24) is 0 Å². The Kier molecular flexibility index (Phi) is 34.5. The van der Waals surface area contributed by atoms with E-state index in [4.69, 9.17) is 0 Å². The number of unbranched alkanes of at least 4 members (excludes halogenated alkanes) is 8. The van der Waals surface area contributed by atoms with E-state index in [2.05, 4.69) is 155 Å². The maximum atomic E-state index is 9.75. The van der Waals surface area contributed by atoms with Crippen LogP contribution in [0.4, 0.5) is 51.8 Å². The molecule has 0 aliphatic heterocycles. The van der Waals surface area contributed by atoms with E-state index >= 15 is 0 Å². The second kappa shape index (κ2) is 35.8. The molecule has 0 bridgehead atoms. The van der Waals surface area contributed by atoms with Gasteiger partial charge in [0.05, 0.1) is 0 Å². The van der Waals surface area contributed by atoms with E-state index in [0.29, 0.717) is 0 Å². The normalized spacial score (nSPS) is 10.8. The van der Waals surface area contributed by atoms with Crippen LogP contribution in [0.1, 0.15) is 100 Å². The average molecular weight is 1250 g/mol. The molecule has 0 amide bonds. The SMILES string of the molecule is CCCCCCCc1ccc([I+]c2ccc(CCCCCCC)cc2)cc1.Cc1ccc([I+]c2ccccc2)cc1.Cc1ccc([IH+])cc1.F[B-](F)(F)F.F[B-](F)(F)F.F[B-](F)(F)F. The number of halogens is 15. The molecule has 0 unspecified atom stereocenters. The number of rotatable bonds is 16. The summed E-state index contributed by atoms with van der Waals surface area (Å²) in [6.45, 7) is 8.79. The molecule has 0 atom stereocenters. The molecular weight excluding hydrogens is 1190 g/mol. The van der Waals surface area contributed by atoms with Gasteiger partial charge >= 0.3 is 64.2 Å². The highest BCUT2D eigenvalue weighted by Crippen LogP contribution is 2.11. The van der Waals surface area contributed by atoms with Gasteiger partial charge in [-0.3, -0.25) is 0 Å². The number of benzene rings is 5. The Labute approximate surface area is 407 Å². The van der Waals surface area contributed by atoms with Crippen molar-refractivity contribution in [3.8, 4) is 0 Å². The molecule has 0 heterocycles. The lowest BCUT2D eigenvalue weighted by molar-refractivity contribution is -0.597. The molecule has 0 saturated carbocycles. The Morgan fingerprint density at radius 1 is 0.359 bits per heavy atom. The molecule has 5 aromatic rings. The molecule has 18 heteroatoms. The summed E-state index contributed by atoms with van der Waals surface area (Å²) in [5.41, 5.74) is 5.69. The third kappa shape index (κ3) is 44.8. The third-order valence-corrected chi connectivity index (χ3v) is 14.3. The predicted molar refractivity (Wildman–Crippen MR) is 232 cm³/mol. The first-order chi connectivity index (χ1) is 29.9. The Hall–Kier alpha value is -2.36. The van der Waals surface area contributed by atoms with Crippen LogP contribution in [-0.2, 0) is 12.8 Å². The van der Waals surface area contributed by atoms with Crippen LogP contribution in [0, 0.1) is 31.7 Å². The molecule has 0 nitrogen and oxygen atoms in total. The van der Waals surface area contributed by atoms with Crippen LogP contribution in [0.15, 0.2) is 127 Å². The van der Waals surface area contributed by atoms with Crippen molar-refractivity contribution < 1.29 is 117 Å². The van der Waals surface area contributed by atoms with E-state index in [1.54, 1.807) is 0 Å². The van der Waals surface area contributed by atoms with Crippen LogP contribution < -0.4 is 65.0 Å². The van der Waals surface area contributed by atoms with Gasteiger partial charge in [-0.05, 0) is 111 Å². The van der Waals surface area contributed by atoms with Crippen molar-refractivity contribution in [2.24, 2.45) is 0 Å². The molecule has 0 aromatic heterocycles. The van der Waals surface area contributed by atoms with Gasteiger partial charge < -0.3 is 51.8 Å². The molecule has 0 N–H and O–H groups in total. The highest BCUT2D eigenvalue weighted by atomic mass is 127. The van der Waals surface area contributed by atoms with Crippen molar-refractivity contribution in [1.29, 1.82) is 0 Å². The summed E-state index contributed by atoms with van der Waals surface area (Å²) < 4.78 is 124. The highest BCUT2D eigenvalue weighted by molar-refractivity contribution is 6.50. The molecule has 356 valence electrons. The van der Waals surface area contributed by atoms with Gasteiger partial charge in [0.2, 0.25) is 0 Å².